The Balaban J connectivity index is 1.83. The molecule has 0 atom stereocenters. The summed E-state index contributed by atoms with van der Waals surface area (Å²) in [6.07, 6.45) is 0. The summed E-state index contributed by atoms with van der Waals surface area (Å²) in [5, 5.41) is 2.90. The first-order valence-corrected chi connectivity index (χ1v) is 9.85. The molecule has 0 unspecified atom stereocenters. The maximum absolute atomic E-state index is 12.3. The number of carbonyl (C=O) groups excluding carboxylic acids is 2. The highest BCUT2D eigenvalue weighted by atomic mass is 32.2. The van der Waals surface area contributed by atoms with Crippen molar-refractivity contribution in [2.45, 2.75) is 25.7 Å². The molecule has 0 radical (unpaired) electrons. The maximum Gasteiger partial charge on any atom is 0.243 e. The Kier molecular flexibility index (Phi) is 7.73. The van der Waals surface area contributed by atoms with Gasteiger partial charge in [0.05, 0.1) is 18.9 Å². The lowest BCUT2D eigenvalue weighted by Crippen LogP contribution is -2.36. The summed E-state index contributed by atoms with van der Waals surface area (Å²) in [6, 6.07) is 13.5. The third-order valence-electron chi connectivity index (χ3n) is 4.05. The normalized spacial score (nSPS) is 10.4. The predicted molar refractivity (Wildman–Crippen MR) is 111 cm³/mol. The second-order valence-electron chi connectivity index (χ2n) is 6.26. The van der Waals surface area contributed by atoms with Crippen molar-refractivity contribution in [3.63, 3.8) is 0 Å². The van der Waals surface area contributed by atoms with Gasteiger partial charge in [-0.25, -0.2) is 0 Å². The van der Waals surface area contributed by atoms with Gasteiger partial charge in [0.1, 0.15) is 5.75 Å². The zero-order valence-corrected chi connectivity index (χ0v) is 17.1. The van der Waals surface area contributed by atoms with E-state index in [4.69, 9.17) is 4.74 Å². The Hall–Kier alpha value is -2.47. The molecule has 2 amide bonds. The molecular weight excluding hydrogens is 360 g/mol. The monoisotopic (exact) mass is 386 g/mol. The van der Waals surface area contributed by atoms with E-state index < -0.39 is 0 Å². The molecule has 0 saturated carbocycles. The van der Waals surface area contributed by atoms with Crippen LogP contribution in [0.3, 0.4) is 0 Å². The van der Waals surface area contributed by atoms with E-state index in [2.05, 4.69) is 5.32 Å². The smallest absolute Gasteiger partial charge is 0.243 e. The van der Waals surface area contributed by atoms with Crippen molar-refractivity contribution in [1.82, 2.24) is 4.90 Å². The maximum atomic E-state index is 12.3. The number of rotatable bonds is 8. The van der Waals surface area contributed by atoms with Gasteiger partial charge in [-0.15, -0.1) is 11.8 Å². The zero-order valence-electron chi connectivity index (χ0n) is 16.2. The first-order valence-electron chi connectivity index (χ1n) is 8.86. The summed E-state index contributed by atoms with van der Waals surface area (Å²) in [7, 11) is 1.64. The summed E-state index contributed by atoms with van der Waals surface area (Å²) in [4.78, 5) is 27.0. The number of hydrogen-bond donors (Lipinski definition) is 1. The van der Waals surface area contributed by atoms with Gasteiger partial charge in [-0.3, -0.25) is 9.59 Å². The second-order valence-corrected chi connectivity index (χ2v) is 7.31. The van der Waals surface area contributed by atoms with Crippen molar-refractivity contribution in [3.05, 3.63) is 53.6 Å². The van der Waals surface area contributed by atoms with Gasteiger partial charge in [0.25, 0.3) is 0 Å². The van der Waals surface area contributed by atoms with E-state index in [9.17, 15) is 9.59 Å². The number of anilines is 1. The Morgan fingerprint density at radius 2 is 1.70 bits per heavy atom. The largest absolute Gasteiger partial charge is 0.494 e. The minimum absolute atomic E-state index is 0.0243. The third kappa shape index (κ3) is 6.32. The van der Waals surface area contributed by atoms with Gasteiger partial charge in [0.2, 0.25) is 11.8 Å². The predicted octanol–water partition coefficient (Wildman–Crippen LogP) is 3.89. The fraction of sp³-hybridized carbons (Fsp3) is 0.333. The quantitative estimate of drug-likeness (QED) is 0.699. The summed E-state index contributed by atoms with van der Waals surface area (Å²) in [6.45, 7) is 6.49. The van der Waals surface area contributed by atoms with E-state index in [1.165, 1.54) is 16.7 Å². The molecule has 27 heavy (non-hydrogen) atoms. The second kappa shape index (κ2) is 10.0. The molecule has 5 nitrogen and oxygen atoms in total. The zero-order chi connectivity index (χ0) is 19.8. The number of ether oxygens (including phenoxy) is 1. The van der Waals surface area contributed by atoms with Crippen molar-refractivity contribution in [3.8, 4) is 5.75 Å². The number of carbonyl (C=O) groups is 2. The molecule has 0 aromatic heterocycles. The molecule has 0 heterocycles. The minimum Gasteiger partial charge on any atom is -0.494 e. The number of benzene rings is 2. The first kappa shape index (κ1) is 20.8. The van der Waals surface area contributed by atoms with Crippen LogP contribution in [0, 0.1) is 13.8 Å². The minimum atomic E-state index is -0.200. The van der Waals surface area contributed by atoms with Gasteiger partial charge >= 0.3 is 0 Å². The van der Waals surface area contributed by atoms with Gasteiger partial charge < -0.3 is 15.0 Å². The fourth-order valence-electron chi connectivity index (χ4n) is 2.55. The van der Waals surface area contributed by atoms with Crippen LogP contribution in [0.5, 0.6) is 5.75 Å². The van der Waals surface area contributed by atoms with Crippen molar-refractivity contribution in [1.29, 1.82) is 0 Å². The lowest BCUT2D eigenvalue weighted by atomic mass is 10.1. The fourth-order valence-corrected chi connectivity index (χ4v) is 3.39. The topological polar surface area (TPSA) is 58.6 Å². The summed E-state index contributed by atoms with van der Waals surface area (Å²) >= 11 is 1.44. The molecule has 0 aliphatic carbocycles. The number of nitrogens with one attached hydrogen (secondary N) is 1. The Labute approximate surface area is 165 Å². The van der Waals surface area contributed by atoms with Gasteiger partial charge in [-0.1, -0.05) is 18.2 Å². The number of hydrogen-bond acceptors (Lipinski definition) is 4. The highest BCUT2D eigenvalue weighted by Gasteiger charge is 2.14. The average molecular weight is 387 g/mol. The average Bonchev–Trinajstić information content (AvgIpc) is 2.64. The van der Waals surface area contributed by atoms with Gasteiger partial charge in [-0.05, 0) is 56.2 Å². The number of aryl methyl sites for hydroxylation is 2. The number of likely N-dealkylation sites (N-methyl/N-ethyl adjacent to an activating group) is 1. The van der Waals surface area contributed by atoms with E-state index in [0.29, 0.717) is 6.61 Å². The highest BCUT2D eigenvalue weighted by molar-refractivity contribution is 8.00. The molecule has 2 rings (SSSR count). The van der Waals surface area contributed by atoms with Crippen molar-refractivity contribution >= 4 is 29.3 Å². The summed E-state index contributed by atoms with van der Waals surface area (Å²) in [5.74, 6) is 0.801. The molecule has 6 heteroatoms. The Bertz CT molecular complexity index is 770. The SMILES string of the molecule is CCOc1ccc(SCC(=O)N(C)CC(=O)Nc2c(C)cccc2C)cc1. The Morgan fingerprint density at radius 1 is 1.07 bits per heavy atom. The standard InChI is InChI=1S/C21H26N2O3S/c1-5-26-17-9-11-18(12-10-17)27-14-20(25)23(4)13-19(24)22-21-15(2)7-6-8-16(21)3/h6-12H,5,13-14H2,1-4H3,(H,22,24). The van der Waals surface area contributed by atoms with Crippen LogP contribution >= 0.6 is 11.8 Å². The summed E-state index contributed by atoms with van der Waals surface area (Å²) in [5.41, 5.74) is 2.82. The number of nitrogens with zero attached hydrogens (tertiary/aromatic N) is 1. The van der Waals surface area contributed by atoms with E-state index in [1.807, 2.05) is 63.2 Å². The van der Waals surface area contributed by atoms with Crippen LogP contribution in [0.15, 0.2) is 47.4 Å². The molecular formula is C21H26N2O3S. The molecule has 0 spiro atoms. The molecule has 0 bridgehead atoms. The Morgan fingerprint density at radius 3 is 2.30 bits per heavy atom. The van der Waals surface area contributed by atoms with Crippen molar-refractivity contribution in [2.75, 3.05) is 31.3 Å². The molecule has 0 aliphatic heterocycles. The van der Waals surface area contributed by atoms with Crippen molar-refractivity contribution < 1.29 is 14.3 Å². The van der Waals surface area contributed by atoms with E-state index >= 15 is 0 Å². The molecule has 0 aliphatic rings. The van der Waals surface area contributed by atoms with Gasteiger partial charge in [0.15, 0.2) is 0 Å². The lowest BCUT2D eigenvalue weighted by Gasteiger charge is -2.18. The molecule has 1 N–H and O–H groups in total. The van der Waals surface area contributed by atoms with Crippen LogP contribution in [0.4, 0.5) is 5.69 Å². The van der Waals surface area contributed by atoms with E-state index in [1.54, 1.807) is 7.05 Å². The highest BCUT2D eigenvalue weighted by Crippen LogP contribution is 2.22. The van der Waals surface area contributed by atoms with Gasteiger partial charge in [-0.2, -0.15) is 0 Å². The number of amides is 2. The van der Waals surface area contributed by atoms with Crippen LogP contribution in [0.25, 0.3) is 0 Å². The van der Waals surface area contributed by atoms with E-state index in [0.717, 1.165) is 27.5 Å². The van der Waals surface area contributed by atoms with Crippen LogP contribution < -0.4 is 10.1 Å². The van der Waals surface area contributed by atoms with Gasteiger partial charge in [0, 0.05) is 17.6 Å². The van der Waals surface area contributed by atoms with Crippen LogP contribution in [0.1, 0.15) is 18.1 Å². The molecule has 0 fully saturated rings. The molecule has 2 aromatic rings. The number of thioether (sulfide) groups is 1. The molecule has 2 aromatic carbocycles. The van der Waals surface area contributed by atoms with Crippen molar-refractivity contribution in [2.24, 2.45) is 0 Å². The van der Waals surface area contributed by atoms with Crippen LogP contribution in [0.2, 0.25) is 0 Å². The van der Waals surface area contributed by atoms with Crippen LogP contribution in [-0.2, 0) is 9.59 Å². The number of para-hydroxylation sites is 1. The van der Waals surface area contributed by atoms with E-state index in [-0.39, 0.29) is 24.1 Å². The lowest BCUT2D eigenvalue weighted by molar-refractivity contribution is -0.131. The molecule has 0 saturated heterocycles. The third-order valence-corrected chi connectivity index (χ3v) is 5.05. The first-order chi connectivity index (χ1) is 12.9. The summed E-state index contributed by atoms with van der Waals surface area (Å²) < 4.78 is 5.41. The van der Waals surface area contributed by atoms with Crippen LogP contribution in [-0.4, -0.2) is 42.7 Å². The molecule has 144 valence electrons.